The van der Waals surface area contributed by atoms with Gasteiger partial charge in [-0.2, -0.15) is 5.26 Å². The fourth-order valence-corrected chi connectivity index (χ4v) is 8.95. The van der Waals surface area contributed by atoms with Crippen LogP contribution in [0, 0.1) is 11.3 Å². The van der Waals surface area contributed by atoms with Gasteiger partial charge in [0.15, 0.2) is 0 Å². The van der Waals surface area contributed by atoms with Gasteiger partial charge in [0.05, 0.1) is 39.5 Å². The predicted molar refractivity (Wildman–Crippen MR) is 209 cm³/mol. The molecule has 9 heteroatoms. The van der Waals surface area contributed by atoms with Gasteiger partial charge in [-0.15, -0.1) is 0 Å². The van der Waals surface area contributed by atoms with Crippen molar-refractivity contribution in [2.75, 3.05) is 0 Å². The van der Waals surface area contributed by atoms with Gasteiger partial charge in [0, 0.05) is 33.7 Å². The zero-order chi connectivity index (χ0) is 37.1. The Hall–Kier alpha value is -4.35. The van der Waals surface area contributed by atoms with Crippen LogP contribution in [0.15, 0.2) is 103 Å². The lowest BCUT2D eigenvalue weighted by Gasteiger charge is -2.41. The van der Waals surface area contributed by atoms with Crippen LogP contribution in [0.2, 0.25) is 5.02 Å². The number of nitrogens with zero attached hydrogens (tertiary/aromatic N) is 1. The van der Waals surface area contributed by atoms with Crippen LogP contribution >= 0.6 is 11.6 Å². The summed E-state index contributed by atoms with van der Waals surface area (Å²) in [5.74, 6) is 1.55. The monoisotopic (exact) mass is 719 g/mol. The van der Waals surface area contributed by atoms with E-state index >= 15 is 0 Å². The zero-order valence-corrected chi connectivity index (χ0v) is 31.8. The van der Waals surface area contributed by atoms with Crippen LogP contribution in [0.5, 0.6) is 11.5 Å². The average molecular weight is 720 g/mol. The van der Waals surface area contributed by atoms with E-state index in [0.717, 1.165) is 61.6 Å². The number of hydrogen-bond acceptors (Lipinski definition) is 6. The number of halogens is 1. The number of para-hydroxylation sites is 1. The first-order valence-corrected chi connectivity index (χ1v) is 18.6. The molecular formula is C44H40B2ClNO5. The summed E-state index contributed by atoms with van der Waals surface area (Å²) in [6, 6.07) is 37.6. The summed E-state index contributed by atoms with van der Waals surface area (Å²) < 4.78 is 33.2. The van der Waals surface area contributed by atoms with Gasteiger partial charge in [0.2, 0.25) is 0 Å². The predicted octanol–water partition coefficient (Wildman–Crippen LogP) is 10.1. The van der Waals surface area contributed by atoms with E-state index in [4.69, 9.17) is 35.0 Å². The van der Waals surface area contributed by atoms with Crippen molar-refractivity contribution in [3.05, 3.63) is 142 Å². The van der Waals surface area contributed by atoms with Crippen LogP contribution < -0.4 is 4.74 Å². The summed E-state index contributed by atoms with van der Waals surface area (Å²) in [6.45, 7) is 14.4. The Morgan fingerprint density at radius 2 is 1.25 bits per heavy atom. The second kappa shape index (κ2) is 11.6. The normalized spacial score (nSPS) is 23.9. The first kappa shape index (κ1) is 34.4. The molecule has 0 saturated carbocycles. The van der Waals surface area contributed by atoms with E-state index in [2.05, 4.69) is 93.6 Å². The van der Waals surface area contributed by atoms with Crippen molar-refractivity contribution >= 4 is 25.6 Å². The third kappa shape index (κ3) is 4.88. The zero-order valence-electron chi connectivity index (χ0n) is 31.0. The summed E-state index contributed by atoms with van der Waals surface area (Å²) >= 11 is 7.10. The Morgan fingerprint density at radius 1 is 0.623 bits per heavy atom. The molecule has 5 aromatic carbocycles. The van der Waals surface area contributed by atoms with Crippen LogP contribution in [0.4, 0.5) is 0 Å². The Balaban J connectivity index is 1.20. The molecule has 0 bridgehead atoms. The van der Waals surface area contributed by atoms with Gasteiger partial charge in [-0.05, 0) is 101 Å². The van der Waals surface area contributed by atoms with E-state index in [-0.39, 0.29) is 0 Å². The molecule has 2 saturated heterocycles. The van der Waals surface area contributed by atoms with Gasteiger partial charge in [0.1, 0.15) is 11.5 Å². The maximum absolute atomic E-state index is 9.49. The van der Waals surface area contributed by atoms with Crippen molar-refractivity contribution in [1.82, 2.24) is 0 Å². The summed E-state index contributed by atoms with van der Waals surface area (Å²) in [4.78, 5) is 0. The second-order valence-electron chi connectivity index (χ2n) is 16.4. The molecule has 0 radical (unpaired) electrons. The molecule has 9 rings (SSSR count). The maximum atomic E-state index is 9.49. The van der Waals surface area contributed by atoms with E-state index in [9.17, 15) is 5.26 Å². The molecular weight excluding hydrogens is 680 g/mol. The summed E-state index contributed by atoms with van der Waals surface area (Å²) in [5.41, 5.74) is 6.96. The van der Waals surface area contributed by atoms with Crippen LogP contribution in [-0.2, 0) is 30.5 Å². The quantitative estimate of drug-likeness (QED) is 0.169. The van der Waals surface area contributed by atoms with Crippen molar-refractivity contribution in [3.8, 4) is 39.8 Å². The molecule has 0 amide bonds. The Bertz CT molecular complexity index is 2350. The molecule has 2 unspecified atom stereocenters. The SMILES string of the molecule is CC1(C)OB(B2OC(C)(C)C(C)(Cc3ccc4c(c3)C3(c5ccccc5-c5c(Cl)cccc53)c3cccc(-c5ccc(C#N)cc5)c3O4)O2)OC1(C)C. The topological polar surface area (TPSA) is 69.9 Å². The summed E-state index contributed by atoms with van der Waals surface area (Å²) in [7, 11) is -1.34. The fraction of sp³-hybridized carbons (Fsp3) is 0.295. The molecule has 3 heterocycles. The van der Waals surface area contributed by atoms with Gasteiger partial charge in [-0.3, -0.25) is 0 Å². The van der Waals surface area contributed by atoms with E-state index < -0.39 is 41.8 Å². The smallest absolute Gasteiger partial charge is 0.456 e. The van der Waals surface area contributed by atoms with E-state index in [1.807, 2.05) is 64.1 Å². The molecule has 1 aliphatic carbocycles. The van der Waals surface area contributed by atoms with Crippen LogP contribution in [0.1, 0.15) is 81.8 Å². The van der Waals surface area contributed by atoms with Crippen molar-refractivity contribution in [1.29, 1.82) is 5.26 Å². The number of hydrogen-bond donors (Lipinski definition) is 0. The molecule has 6 nitrogen and oxygen atoms in total. The number of nitriles is 1. The van der Waals surface area contributed by atoms with Gasteiger partial charge in [0.25, 0.3) is 0 Å². The van der Waals surface area contributed by atoms with Crippen molar-refractivity contribution in [2.45, 2.75) is 82.7 Å². The van der Waals surface area contributed by atoms with Crippen molar-refractivity contribution in [3.63, 3.8) is 0 Å². The first-order valence-electron chi connectivity index (χ1n) is 18.2. The molecule has 0 N–H and O–H groups in total. The maximum Gasteiger partial charge on any atom is 0.489 e. The number of benzene rings is 5. The highest BCUT2D eigenvalue weighted by molar-refractivity contribution is 7.11. The highest BCUT2D eigenvalue weighted by atomic mass is 35.5. The van der Waals surface area contributed by atoms with Gasteiger partial charge >= 0.3 is 14.0 Å². The third-order valence-corrected chi connectivity index (χ3v) is 12.8. The molecule has 4 aliphatic rings. The molecule has 1 spiro atoms. The molecule has 5 aromatic rings. The van der Waals surface area contributed by atoms with Crippen LogP contribution in [-0.4, -0.2) is 36.4 Å². The molecule has 0 aromatic heterocycles. The number of fused-ring (bicyclic) bond motifs is 9. The van der Waals surface area contributed by atoms with Crippen LogP contribution in [0.25, 0.3) is 22.3 Å². The standard InChI is InChI=1S/C44H40B2ClNO5/c1-40(2)41(3,4)51-45(50-40)46-52-42(5,6)43(7,53-46)25-28-20-23-37-35(24-28)44(32-14-9-8-12-31(32)38-33(44)15-11-17-36(38)47)34-16-10-13-30(39(34)49-37)29-21-18-27(26-48)19-22-29/h8-24H,25H2,1-7H3. The van der Waals surface area contributed by atoms with Gasteiger partial charge < -0.3 is 23.4 Å². The lowest BCUT2D eigenvalue weighted by atomic mass is 9.49. The summed E-state index contributed by atoms with van der Waals surface area (Å²) in [5, 5.41) is 10.2. The van der Waals surface area contributed by atoms with Crippen molar-refractivity contribution < 1.29 is 23.4 Å². The Labute approximate surface area is 317 Å². The Morgan fingerprint density at radius 3 is 1.98 bits per heavy atom. The minimum atomic E-state index is -0.729. The number of ether oxygens (including phenoxy) is 1. The molecule has 2 fully saturated rings. The molecule has 2 atom stereocenters. The van der Waals surface area contributed by atoms with Gasteiger partial charge in [-0.25, -0.2) is 0 Å². The highest BCUT2D eigenvalue weighted by Crippen LogP contribution is 2.64. The van der Waals surface area contributed by atoms with Crippen LogP contribution in [0.3, 0.4) is 0 Å². The van der Waals surface area contributed by atoms with E-state index in [0.29, 0.717) is 17.0 Å². The second-order valence-corrected chi connectivity index (χ2v) is 16.8. The largest absolute Gasteiger partial charge is 0.489 e. The third-order valence-electron chi connectivity index (χ3n) is 12.5. The highest BCUT2D eigenvalue weighted by Gasteiger charge is 2.65. The molecule has 53 heavy (non-hydrogen) atoms. The van der Waals surface area contributed by atoms with E-state index in [1.54, 1.807) is 0 Å². The summed E-state index contributed by atoms with van der Waals surface area (Å²) in [6.07, 6.45) is 0.571. The van der Waals surface area contributed by atoms with Crippen molar-refractivity contribution in [2.24, 2.45) is 0 Å². The number of rotatable bonds is 4. The lowest BCUT2D eigenvalue weighted by Crippen LogP contribution is -2.46. The fourth-order valence-electron chi connectivity index (χ4n) is 8.67. The molecule has 264 valence electrons. The average Bonchev–Trinajstić information content (AvgIpc) is 3.65. The van der Waals surface area contributed by atoms with Gasteiger partial charge in [-0.1, -0.05) is 90.5 Å². The molecule has 3 aliphatic heterocycles. The minimum Gasteiger partial charge on any atom is -0.456 e. The van der Waals surface area contributed by atoms with E-state index in [1.165, 1.54) is 0 Å². The first-order chi connectivity index (χ1) is 25.2. The minimum absolute atomic E-state index is 0.507. The lowest BCUT2D eigenvalue weighted by molar-refractivity contribution is -0.00879. The Kier molecular flexibility index (Phi) is 7.52.